The maximum Gasteiger partial charge on any atom is 0.310 e. The Morgan fingerprint density at radius 1 is 0.757 bits per heavy atom. The summed E-state index contributed by atoms with van der Waals surface area (Å²) >= 11 is 0. The highest BCUT2D eigenvalue weighted by molar-refractivity contribution is 7.97. The van der Waals surface area contributed by atoms with Gasteiger partial charge in [-0.05, 0) is 81.4 Å². The third kappa shape index (κ3) is 7.77. The average molecular weight is 508 g/mol. The molecule has 37 heavy (non-hydrogen) atoms. The molecular formula is C33H31O3S+. The van der Waals surface area contributed by atoms with Gasteiger partial charge >= 0.3 is 5.97 Å². The normalized spacial score (nSPS) is 10.9. The summed E-state index contributed by atoms with van der Waals surface area (Å²) in [5.74, 6) is 6.51. The van der Waals surface area contributed by atoms with E-state index in [0.29, 0.717) is 0 Å². The molecule has 0 fully saturated rings. The lowest BCUT2D eigenvalue weighted by Crippen LogP contribution is -2.27. The Morgan fingerprint density at radius 3 is 1.86 bits per heavy atom. The van der Waals surface area contributed by atoms with Gasteiger partial charge in [0.05, 0.1) is 23.9 Å². The minimum Gasteiger partial charge on any atom is -0.493 e. The van der Waals surface area contributed by atoms with Crippen LogP contribution in [0.5, 0.6) is 5.75 Å². The first-order valence-electron chi connectivity index (χ1n) is 12.3. The molecule has 0 heterocycles. The van der Waals surface area contributed by atoms with Crippen LogP contribution >= 0.6 is 0 Å². The lowest BCUT2D eigenvalue weighted by molar-refractivity contribution is -0.152. The number of rotatable bonds is 8. The van der Waals surface area contributed by atoms with E-state index in [-0.39, 0.29) is 29.9 Å². The zero-order chi connectivity index (χ0) is 26.1. The molecule has 4 aromatic rings. The van der Waals surface area contributed by atoms with Crippen molar-refractivity contribution in [2.75, 3.05) is 6.61 Å². The largest absolute Gasteiger partial charge is 0.493 e. The van der Waals surface area contributed by atoms with Crippen LogP contribution in [0.1, 0.15) is 31.4 Å². The lowest BCUT2D eigenvalue weighted by atomic mass is 10.1. The number of hydrogen-bond acceptors (Lipinski definition) is 3. The molecule has 0 aliphatic carbocycles. The van der Waals surface area contributed by atoms with E-state index < -0.39 is 5.60 Å². The summed E-state index contributed by atoms with van der Waals surface area (Å²) in [5, 5.41) is 0. The third-order valence-corrected chi connectivity index (χ3v) is 7.75. The van der Waals surface area contributed by atoms with Crippen LogP contribution in [0, 0.1) is 18.8 Å². The predicted molar refractivity (Wildman–Crippen MR) is 150 cm³/mol. The fraction of sp³-hybridized carbons (Fsp3) is 0.182. The standard InChI is InChI=1S/C33H31O3S/c1-26-14-16-27(17-15-26)22-24-33(2,3)36-32(34)23-25-35-28-18-20-31(21-19-28)37(29-10-6-4-7-11-29)30-12-8-5-9-13-30/h4-21H,23,25H2,1-3H3/q+1. The van der Waals surface area contributed by atoms with Crippen molar-refractivity contribution in [3.05, 3.63) is 120 Å². The first-order valence-corrected chi connectivity index (χ1v) is 13.5. The third-order valence-electron chi connectivity index (χ3n) is 5.52. The summed E-state index contributed by atoms with van der Waals surface area (Å²) in [4.78, 5) is 16.1. The zero-order valence-corrected chi connectivity index (χ0v) is 22.3. The van der Waals surface area contributed by atoms with Crippen molar-refractivity contribution in [1.82, 2.24) is 0 Å². The van der Waals surface area contributed by atoms with Gasteiger partial charge in [-0.25, -0.2) is 0 Å². The van der Waals surface area contributed by atoms with Gasteiger partial charge in [0.1, 0.15) is 5.75 Å². The van der Waals surface area contributed by atoms with Gasteiger partial charge in [0.25, 0.3) is 0 Å². The van der Waals surface area contributed by atoms with Crippen molar-refractivity contribution < 1.29 is 14.3 Å². The summed E-state index contributed by atoms with van der Waals surface area (Å²) in [5.41, 5.74) is 1.19. The molecule has 0 bridgehead atoms. The summed E-state index contributed by atoms with van der Waals surface area (Å²) in [7, 11) is -0.207. The molecule has 4 rings (SSSR count). The molecule has 0 amide bonds. The monoisotopic (exact) mass is 507 g/mol. The van der Waals surface area contributed by atoms with Crippen molar-refractivity contribution in [2.24, 2.45) is 0 Å². The molecule has 0 aromatic heterocycles. The minimum absolute atomic E-state index is 0.149. The van der Waals surface area contributed by atoms with Gasteiger partial charge in [-0.15, -0.1) is 0 Å². The molecule has 186 valence electrons. The smallest absolute Gasteiger partial charge is 0.310 e. The molecule has 4 aromatic carbocycles. The number of carbonyl (C=O) groups is 1. The van der Waals surface area contributed by atoms with E-state index in [1.807, 2.05) is 55.5 Å². The van der Waals surface area contributed by atoms with E-state index in [9.17, 15) is 4.79 Å². The van der Waals surface area contributed by atoms with E-state index in [1.54, 1.807) is 13.8 Å². The Bertz CT molecular complexity index is 1310. The van der Waals surface area contributed by atoms with Crippen molar-refractivity contribution in [2.45, 2.75) is 47.5 Å². The van der Waals surface area contributed by atoms with Crippen LogP contribution in [0.15, 0.2) is 124 Å². The number of carbonyl (C=O) groups excluding carboxylic acids is 1. The highest BCUT2D eigenvalue weighted by Gasteiger charge is 2.28. The summed E-state index contributed by atoms with van der Waals surface area (Å²) in [6.45, 7) is 5.86. The molecule has 0 aliphatic rings. The Labute approximate surface area is 222 Å². The van der Waals surface area contributed by atoms with Gasteiger partial charge < -0.3 is 9.47 Å². The molecule has 0 unspecified atom stereocenters. The molecule has 3 nitrogen and oxygen atoms in total. The predicted octanol–water partition coefficient (Wildman–Crippen LogP) is 7.23. The highest BCUT2D eigenvalue weighted by Crippen LogP contribution is 2.31. The second kappa shape index (κ2) is 12.3. The SMILES string of the molecule is Cc1ccc(C#CC(C)(C)OC(=O)CCOc2ccc([S+](c3ccccc3)c3ccccc3)cc2)cc1. The van der Waals surface area contributed by atoms with E-state index in [2.05, 4.69) is 72.5 Å². The zero-order valence-electron chi connectivity index (χ0n) is 21.4. The Morgan fingerprint density at radius 2 is 1.30 bits per heavy atom. The number of aryl methyl sites for hydroxylation is 1. The van der Waals surface area contributed by atoms with Crippen LogP contribution < -0.4 is 4.74 Å². The minimum atomic E-state index is -0.881. The molecule has 0 radical (unpaired) electrons. The van der Waals surface area contributed by atoms with E-state index >= 15 is 0 Å². The van der Waals surface area contributed by atoms with E-state index in [1.165, 1.54) is 20.2 Å². The summed E-state index contributed by atoms with van der Waals surface area (Å²) in [6, 6.07) is 37.1. The maximum absolute atomic E-state index is 12.4. The second-order valence-electron chi connectivity index (χ2n) is 9.10. The van der Waals surface area contributed by atoms with E-state index in [0.717, 1.165) is 11.3 Å². The first kappa shape index (κ1) is 26.1. The molecule has 0 saturated heterocycles. The van der Waals surface area contributed by atoms with Gasteiger partial charge in [-0.3, -0.25) is 4.79 Å². The van der Waals surface area contributed by atoms with Gasteiger partial charge in [0.2, 0.25) is 0 Å². The molecular weight excluding hydrogens is 476 g/mol. The Hall–Kier alpha value is -3.94. The molecule has 0 aliphatic heterocycles. The first-order chi connectivity index (χ1) is 17.9. The second-order valence-corrected chi connectivity index (χ2v) is 11.1. The lowest BCUT2D eigenvalue weighted by Gasteiger charge is -2.18. The van der Waals surface area contributed by atoms with Crippen LogP contribution in [-0.2, 0) is 20.4 Å². The summed E-state index contributed by atoms with van der Waals surface area (Å²) in [6.07, 6.45) is 0.149. The fourth-order valence-corrected chi connectivity index (χ4v) is 5.75. The molecule has 0 N–H and O–H groups in total. The van der Waals surface area contributed by atoms with E-state index in [4.69, 9.17) is 9.47 Å². The van der Waals surface area contributed by atoms with Crippen molar-refractivity contribution in [1.29, 1.82) is 0 Å². The maximum atomic E-state index is 12.4. The van der Waals surface area contributed by atoms with Crippen LogP contribution in [0.25, 0.3) is 0 Å². The van der Waals surface area contributed by atoms with Gasteiger partial charge in [-0.2, -0.15) is 0 Å². The van der Waals surface area contributed by atoms with Crippen molar-refractivity contribution in [3.8, 4) is 17.6 Å². The average Bonchev–Trinajstić information content (AvgIpc) is 2.90. The number of ether oxygens (including phenoxy) is 2. The van der Waals surface area contributed by atoms with Gasteiger partial charge in [0.15, 0.2) is 20.3 Å². The van der Waals surface area contributed by atoms with Gasteiger partial charge in [0, 0.05) is 5.56 Å². The fourth-order valence-electron chi connectivity index (χ4n) is 3.67. The quantitative estimate of drug-likeness (QED) is 0.143. The van der Waals surface area contributed by atoms with Crippen LogP contribution in [0.2, 0.25) is 0 Å². The summed E-state index contributed by atoms with van der Waals surface area (Å²) < 4.78 is 11.4. The van der Waals surface area contributed by atoms with Crippen molar-refractivity contribution in [3.63, 3.8) is 0 Å². The Balaban J connectivity index is 1.33. The van der Waals surface area contributed by atoms with Gasteiger partial charge in [-0.1, -0.05) is 65.9 Å². The number of hydrogen-bond donors (Lipinski definition) is 0. The van der Waals surface area contributed by atoms with Crippen molar-refractivity contribution >= 4 is 16.9 Å². The van der Waals surface area contributed by atoms with Crippen LogP contribution in [-0.4, -0.2) is 18.2 Å². The number of esters is 1. The molecule has 0 saturated carbocycles. The topological polar surface area (TPSA) is 35.5 Å². The highest BCUT2D eigenvalue weighted by atomic mass is 32.2. The van der Waals surface area contributed by atoms with Crippen LogP contribution in [0.4, 0.5) is 0 Å². The molecule has 0 atom stereocenters. The molecule has 4 heteroatoms. The Kier molecular flexibility index (Phi) is 8.72. The number of benzene rings is 4. The van der Waals surface area contributed by atoms with Crippen LogP contribution in [0.3, 0.4) is 0 Å². The molecule has 0 spiro atoms.